The maximum absolute atomic E-state index is 14.0. The largest absolute Gasteiger partial charge is 0.477 e. The number of allylic oxidation sites excluding steroid dienone is 2. The number of carbonyl (C=O) groups is 1. The Morgan fingerprint density at radius 3 is 2.30 bits per heavy atom. The zero-order chi connectivity index (χ0) is 37.1. The van der Waals surface area contributed by atoms with Gasteiger partial charge < -0.3 is 23.1 Å². The van der Waals surface area contributed by atoms with E-state index in [0.717, 1.165) is 32.3 Å². The van der Waals surface area contributed by atoms with Crippen molar-refractivity contribution in [1.82, 2.24) is 0 Å². The van der Waals surface area contributed by atoms with E-state index in [-0.39, 0.29) is 52.3 Å². The highest BCUT2D eigenvalue weighted by Gasteiger charge is 2.46. The molecule has 1 heterocycles. The van der Waals surface area contributed by atoms with Crippen molar-refractivity contribution in [1.29, 1.82) is 5.26 Å². The van der Waals surface area contributed by atoms with Crippen LogP contribution in [0.15, 0.2) is 48.1 Å². The summed E-state index contributed by atoms with van der Waals surface area (Å²) in [6, 6.07) is 9.21. The molecule has 50 heavy (non-hydrogen) atoms. The van der Waals surface area contributed by atoms with Crippen LogP contribution >= 0.6 is 0 Å². The van der Waals surface area contributed by atoms with Crippen molar-refractivity contribution < 1.29 is 27.9 Å². The van der Waals surface area contributed by atoms with Gasteiger partial charge in [0.25, 0.3) is 0 Å². The molecule has 1 fully saturated rings. The van der Waals surface area contributed by atoms with Gasteiger partial charge in [0.15, 0.2) is 22.7 Å². The van der Waals surface area contributed by atoms with Crippen LogP contribution in [0.1, 0.15) is 99.5 Å². The molecule has 8 atom stereocenters. The molecule has 278 valence electrons. The highest BCUT2D eigenvalue weighted by Crippen LogP contribution is 2.47. The summed E-state index contributed by atoms with van der Waals surface area (Å²) < 4.78 is 32.8. The first-order chi connectivity index (χ1) is 23.3. The fourth-order valence-electron chi connectivity index (χ4n) is 7.07. The summed E-state index contributed by atoms with van der Waals surface area (Å²) >= 11 is 0. The first kappa shape index (κ1) is 40.5. The Hall–Kier alpha value is -2.23. The highest BCUT2D eigenvalue weighted by molar-refractivity contribution is 6.74. The van der Waals surface area contributed by atoms with Crippen LogP contribution in [0.2, 0.25) is 36.3 Å². The summed E-state index contributed by atoms with van der Waals surface area (Å²) in [5.74, 6) is 0.658. The second-order valence-electron chi connectivity index (χ2n) is 17.9. The van der Waals surface area contributed by atoms with Crippen LogP contribution in [0.5, 0.6) is 5.75 Å². The molecule has 0 amide bonds. The smallest absolute Gasteiger partial charge is 0.347 e. The van der Waals surface area contributed by atoms with Crippen molar-refractivity contribution in [3.8, 4) is 11.8 Å². The molecule has 1 aromatic rings. The highest BCUT2D eigenvalue weighted by atomic mass is 28.4. The number of hydrogen-bond acceptors (Lipinski definition) is 7. The van der Waals surface area contributed by atoms with Gasteiger partial charge in [0, 0.05) is 25.0 Å². The number of hydrogen-bond donors (Lipinski definition) is 0. The average molecular weight is 724 g/mol. The molecule has 9 heteroatoms. The zero-order valence-electron chi connectivity index (χ0n) is 33.0. The van der Waals surface area contributed by atoms with Gasteiger partial charge in [0.2, 0.25) is 0 Å². The quantitative estimate of drug-likeness (QED) is 0.157. The van der Waals surface area contributed by atoms with Crippen LogP contribution < -0.4 is 4.74 Å². The van der Waals surface area contributed by atoms with Gasteiger partial charge in [0.1, 0.15) is 17.9 Å². The molecule has 1 unspecified atom stereocenters. The molecular weight excluding hydrogens is 659 g/mol. The lowest BCUT2D eigenvalue weighted by molar-refractivity contribution is -0.163. The third-order valence-electron chi connectivity index (χ3n) is 12.2. The minimum atomic E-state index is -2.10. The van der Waals surface area contributed by atoms with E-state index in [2.05, 4.69) is 99.0 Å². The predicted molar refractivity (Wildman–Crippen MR) is 206 cm³/mol. The average Bonchev–Trinajstić information content (AvgIpc) is 3.02. The number of esters is 1. The van der Waals surface area contributed by atoms with Gasteiger partial charge in [-0.2, -0.15) is 5.26 Å². The van der Waals surface area contributed by atoms with Gasteiger partial charge in [-0.15, -0.1) is 0 Å². The van der Waals surface area contributed by atoms with Crippen LogP contribution in [0.3, 0.4) is 0 Å². The number of fused-ring (bicyclic) bond motifs is 1. The van der Waals surface area contributed by atoms with E-state index >= 15 is 0 Å². The van der Waals surface area contributed by atoms with Crippen molar-refractivity contribution in [2.24, 2.45) is 17.8 Å². The first-order valence-electron chi connectivity index (χ1n) is 19.0. The SMILES string of the molecule is CCC(Oc1ccccc1C#N)C(=O)O[C@H]1C[C@H](O[Si](C)(C)C(C)(C)C)C=C2C=C[C@H](C)[C@H](CC[C@@H]3C[C@H](O[Si](C)(C)C(C)(C)C)CCO3)[C@H]21. The lowest BCUT2D eigenvalue weighted by atomic mass is 9.66. The molecular formula is C41H65NO6Si2. The summed E-state index contributed by atoms with van der Waals surface area (Å²) in [5, 5.41) is 9.85. The van der Waals surface area contributed by atoms with Crippen LogP contribution in [-0.2, 0) is 23.1 Å². The number of nitriles is 1. The van der Waals surface area contributed by atoms with E-state index in [1.807, 2.05) is 13.0 Å². The minimum Gasteiger partial charge on any atom is -0.477 e. The Morgan fingerprint density at radius 2 is 1.66 bits per heavy atom. The lowest BCUT2D eigenvalue weighted by Gasteiger charge is -2.46. The molecule has 7 nitrogen and oxygen atoms in total. The normalized spacial score (nSPS) is 28.2. The zero-order valence-corrected chi connectivity index (χ0v) is 35.0. The molecule has 0 aromatic heterocycles. The summed E-state index contributed by atoms with van der Waals surface area (Å²) in [4.78, 5) is 14.0. The topological polar surface area (TPSA) is 87.0 Å². The lowest BCUT2D eigenvalue weighted by Crippen LogP contribution is -2.49. The maximum atomic E-state index is 14.0. The van der Waals surface area contributed by atoms with Crippen molar-refractivity contribution in [3.63, 3.8) is 0 Å². The second-order valence-corrected chi connectivity index (χ2v) is 27.4. The number of benzene rings is 1. The number of ether oxygens (including phenoxy) is 3. The van der Waals surface area contributed by atoms with Crippen LogP contribution in [-0.4, -0.2) is 59.7 Å². The fourth-order valence-corrected chi connectivity index (χ4v) is 9.75. The Kier molecular flexibility index (Phi) is 13.1. The first-order valence-corrected chi connectivity index (χ1v) is 24.8. The third-order valence-corrected chi connectivity index (χ3v) is 21.2. The molecule has 4 rings (SSSR count). The Balaban J connectivity index is 1.56. The number of carbonyl (C=O) groups excluding carboxylic acids is 1. The summed E-state index contributed by atoms with van der Waals surface area (Å²) in [5.41, 5.74) is 1.60. The van der Waals surface area contributed by atoms with E-state index in [0.29, 0.717) is 30.1 Å². The molecule has 0 spiro atoms. The molecule has 3 aliphatic rings. The van der Waals surface area contributed by atoms with Gasteiger partial charge in [-0.25, -0.2) is 4.79 Å². The van der Waals surface area contributed by atoms with Crippen molar-refractivity contribution in [3.05, 3.63) is 53.6 Å². The summed E-state index contributed by atoms with van der Waals surface area (Å²) in [6.45, 7) is 27.8. The minimum absolute atomic E-state index is 0.0463. The van der Waals surface area contributed by atoms with E-state index in [1.54, 1.807) is 18.2 Å². The van der Waals surface area contributed by atoms with Gasteiger partial charge in [-0.3, -0.25) is 0 Å². The summed E-state index contributed by atoms with van der Waals surface area (Å²) in [6.07, 6.45) is 10.8. The molecule has 0 radical (unpaired) electrons. The Morgan fingerprint density at radius 1 is 1.00 bits per heavy atom. The standard InChI is InChI=1S/C41H65NO6Si2/c1-13-35(45-36-17-15-14-16-30(36)27-42)39(43)46-37-26-33(48-50(11,12)41(6,7)8)24-29-19-18-28(2)34(38(29)37)21-20-31-25-32(22-23-44-31)47-49(9,10)40(3,4)5/h14-19,24,28,31-35,37-38H,13,20-23,25-26H2,1-12H3/t28-,31+,32+,33+,34-,35?,37-,38-/m0/s1. The molecule has 0 bridgehead atoms. The number of nitrogens with zero attached hydrogens (tertiary/aromatic N) is 1. The van der Waals surface area contributed by atoms with Crippen molar-refractivity contribution in [2.45, 2.75) is 161 Å². The molecule has 1 aromatic carbocycles. The number of para-hydroxylation sites is 1. The van der Waals surface area contributed by atoms with Crippen LogP contribution in [0.25, 0.3) is 0 Å². The fraction of sp³-hybridized carbons (Fsp3) is 0.707. The van der Waals surface area contributed by atoms with Gasteiger partial charge in [-0.1, -0.05) is 85.8 Å². The molecule has 0 saturated carbocycles. The summed E-state index contributed by atoms with van der Waals surface area (Å²) in [7, 11) is -3.97. The molecule has 2 aliphatic carbocycles. The van der Waals surface area contributed by atoms with E-state index in [1.165, 1.54) is 5.57 Å². The number of rotatable bonds is 12. The Bertz CT molecular complexity index is 1420. The van der Waals surface area contributed by atoms with Gasteiger partial charge in [0.05, 0.1) is 17.8 Å². The Labute approximate surface area is 305 Å². The van der Waals surface area contributed by atoms with Crippen molar-refractivity contribution in [2.75, 3.05) is 6.61 Å². The maximum Gasteiger partial charge on any atom is 0.347 e. The van der Waals surface area contributed by atoms with E-state index < -0.39 is 22.7 Å². The van der Waals surface area contributed by atoms with Gasteiger partial charge >= 0.3 is 5.97 Å². The van der Waals surface area contributed by atoms with Crippen LogP contribution in [0.4, 0.5) is 0 Å². The predicted octanol–water partition coefficient (Wildman–Crippen LogP) is 10.1. The van der Waals surface area contributed by atoms with Crippen LogP contribution in [0, 0.1) is 29.1 Å². The van der Waals surface area contributed by atoms with Crippen molar-refractivity contribution >= 4 is 22.6 Å². The van der Waals surface area contributed by atoms with E-state index in [4.69, 9.17) is 23.1 Å². The monoisotopic (exact) mass is 723 g/mol. The third kappa shape index (κ3) is 9.80. The molecule has 0 N–H and O–H groups in total. The van der Waals surface area contributed by atoms with E-state index in [9.17, 15) is 10.1 Å². The van der Waals surface area contributed by atoms with Gasteiger partial charge in [-0.05, 0) is 97.9 Å². The second kappa shape index (κ2) is 16.2. The molecule has 1 aliphatic heterocycles. The molecule has 1 saturated heterocycles.